The summed E-state index contributed by atoms with van der Waals surface area (Å²) in [5, 5.41) is 7.35. The second-order valence-corrected chi connectivity index (χ2v) is 13.9. The van der Waals surface area contributed by atoms with Gasteiger partial charge in [0.2, 0.25) is 11.8 Å². The number of benzene rings is 3. The Bertz CT molecular complexity index is 1630. The van der Waals surface area contributed by atoms with Gasteiger partial charge in [-0.25, -0.2) is 0 Å². The molecule has 0 aromatic heterocycles. The lowest BCUT2D eigenvalue weighted by molar-refractivity contribution is -0.135. The normalized spacial score (nSPS) is 22.7. The molecule has 10 heteroatoms. The highest BCUT2D eigenvalue weighted by Gasteiger charge is 2.44. The number of piperazine rings is 1. The molecule has 46 heavy (non-hydrogen) atoms. The van der Waals surface area contributed by atoms with Gasteiger partial charge in [-0.2, -0.15) is 0 Å². The van der Waals surface area contributed by atoms with Crippen LogP contribution in [0.25, 0.3) is 0 Å². The number of piperidine rings is 1. The summed E-state index contributed by atoms with van der Waals surface area (Å²) in [6, 6.07) is 19.8. The quantitative estimate of drug-likeness (QED) is 0.317. The number of hydrogen-bond donors (Lipinski definition) is 2. The number of likely N-dealkylation sites (tertiary alicyclic amines) is 1. The maximum Gasteiger partial charge on any atom is 0.254 e. The lowest BCUT2D eigenvalue weighted by Crippen LogP contribution is -2.55. The van der Waals surface area contributed by atoms with E-state index in [1.54, 1.807) is 6.07 Å². The summed E-state index contributed by atoms with van der Waals surface area (Å²) in [6.45, 7) is 8.85. The number of fused-ring (bicyclic) bond motifs is 2. The van der Waals surface area contributed by atoms with Crippen molar-refractivity contribution in [1.82, 2.24) is 20.0 Å². The molecular formula is C36H41Cl2N5O3. The van der Waals surface area contributed by atoms with E-state index in [-0.39, 0.29) is 36.3 Å². The molecule has 2 aliphatic heterocycles. The van der Waals surface area contributed by atoms with Gasteiger partial charge in [0.1, 0.15) is 0 Å². The van der Waals surface area contributed by atoms with Gasteiger partial charge >= 0.3 is 0 Å². The number of anilines is 1. The van der Waals surface area contributed by atoms with Crippen LogP contribution >= 0.6 is 23.2 Å². The van der Waals surface area contributed by atoms with Crippen LogP contribution in [0.5, 0.6) is 0 Å². The smallest absolute Gasteiger partial charge is 0.254 e. The molecule has 1 aliphatic carbocycles. The molecular weight excluding hydrogens is 621 g/mol. The largest absolute Gasteiger partial charge is 0.334 e. The van der Waals surface area contributed by atoms with E-state index in [4.69, 9.17) is 23.2 Å². The van der Waals surface area contributed by atoms with Crippen LogP contribution in [0, 0.1) is 19.8 Å². The molecule has 3 aliphatic rings. The number of carbonyl (C=O) groups is 3. The number of amides is 3. The average molecular weight is 663 g/mol. The number of rotatable bonds is 8. The summed E-state index contributed by atoms with van der Waals surface area (Å²) in [6.07, 6.45) is 2.11. The number of aryl methyl sites for hydroxylation is 2. The van der Waals surface area contributed by atoms with Crippen molar-refractivity contribution in [2.24, 2.45) is 5.92 Å². The van der Waals surface area contributed by atoms with Crippen molar-refractivity contribution in [2.75, 3.05) is 38.0 Å². The van der Waals surface area contributed by atoms with E-state index in [1.165, 1.54) is 12.5 Å². The van der Waals surface area contributed by atoms with Crippen molar-refractivity contribution in [3.63, 3.8) is 0 Å². The molecule has 2 saturated heterocycles. The summed E-state index contributed by atoms with van der Waals surface area (Å²) < 4.78 is 0. The summed E-state index contributed by atoms with van der Waals surface area (Å²) >= 11 is 12.7. The summed E-state index contributed by atoms with van der Waals surface area (Å²) in [5.41, 5.74) is 5.62. The highest BCUT2D eigenvalue weighted by atomic mass is 35.5. The molecule has 3 fully saturated rings. The zero-order valence-electron chi connectivity index (χ0n) is 26.6. The first kappa shape index (κ1) is 32.5. The van der Waals surface area contributed by atoms with Gasteiger partial charge in [0.25, 0.3) is 5.91 Å². The Morgan fingerprint density at radius 3 is 2.37 bits per heavy atom. The standard InChI is InChI=1S/C36H41Cl2N5O3/c1-22-11-23(2)13-27(12-22)36(46)41-9-10-43(34(21-41)26-7-8-31(37)32(38)16-26)35(45)18-39-33-17-30-15-28(33)20-42(30)19-25-5-4-6-29(14-25)40-24(3)44/h4-8,11-14,16,28,30,33-34,39H,9-10,15,17-21H2,1-3H3,(H,40,44)/t28?,30?,33-,34-/m0/s1. The van der Waals surface area contributed by atoms with Crippen LogP contribution < -0.4 is 10.6 Å². The second kappa shape index (κ2) is 13.7. The minimum Gasteiger partial charge on any atom is -0.334 e. The van der Waals surface area contributed by atoms with Crippen LogP contribution in [-0.4, -0.2) is 77.2 Å². The van der Waals surface area contributed by atoms with Crippen molar-refractivity contribution in [3.05, 3.63) is 98.5 Å². The van der Waals surface area contributed by atoms with Crippen molar-refractivity contribution < 1.29 is 14.4 Å². The molecule has 0 spiro atoms. The first-order valence-corrected chi connectivity index (χ1v) is 16.8. The topological polar surface area (TPSA) is 85.0 Å². The van der Waals surface area contributed by atoms with Crippen LogP contribution in [0.4, 0.5) is 5.69 Å². The number of nitrogens with zero attached hydrogens (tertiary/aromatic N) is 3. The van der Waals surface area contributed by atoms with Gasteiger partial charge in [0, 0.05) is 63.0 Å². The lowest BCUT2D eigenvalue weighted by atomic mass is 10.00. The van der Waals surface area contributed by atoms with Crippen LogP contribution in [0.3, 0.4) is 0 Å². The zero-order chi connectivity index (χ0) is 32.5. The number of halogens is 2. The average Bonchev–Trinajstić information content (AvgIpc) is 3.60. The molecule has 3 aromatic carbocycles. The SMILES string of the molecule is CC(=O)Nc1cccc(CN2CC3CC2C[C@@H]3NCC(=O)N2CCN(C(=O)c3cc(C)cc(C)c3)C[C@H]2c2ccc(Cl)c(Cl)c2)c1. The Labute approximate surface area is 281 Å². The van der Waals surface area contributed by atoms with E-state index >= 15 is 0 Å². The fourth-order valence-corrected chi connectivity index (χ4v) is 7.85. The van der Waals surface area contributed by atoms with Gasteiger partial charge in [-0.15, -0.1) is 0 Å². The molecule has 3 amide bonds. The van der Waals surface area contributed by atoms with Crippen LogP contribution in [0.1, 0.15) is 58.4 Å². The molecule has 2 N–H and O–H groups in total. The second-order valence-electron chi connectivity index (χ2n) is 13.1. The van der Waals surface area contributed by atoms with E-state index in [2.05, 4.69) is 27.7 Å². The summed E-state index contributed by atoms with van der Waals surface area (Å²) in [7, 11) is 0. The van der Waals surface area contributed by atoms with Gasteiger partial charge in [0.15, 0.2) is 0 Å². The van der Waals surface area contributed by atoms with Crippen molar-refractivity contribution in [1.29, 1.82) is 0 Å². The fraction of sp³-hybridized carbons (Fsp3) is 0.417. The Balaban J connectivity index is 1.09. The van der Waals surface area contributed by atoms with Crippen LogP contribution in [0.2, 0.25) is 10.0 Å². The van der Waals surface area contributed by atoms with Crippen molar-refractivity contribution >= 4 is 46.6 Å². The van der Waals surface area contributed by atoms with Gasteiger partial charge in [0.05, 0.1) is 22.6 Å². The maximum atomic E-state index is 13.8. The Morgan fingerprint density at radius 1 is 0.891 bits per heavy atom. The van der Waals surface area contributed by atoms with Gasteiger partial charge in [-0.1, -0.05) is 58.6 Å². The third-order valence-electron chi connectivity index (χ3n) is 9.59. The number of hydrogen-bond acceptors (Lipinski definition) is 5. The molecule has 3 aromatic rings. The monoisotopic (exact) mass is 661 g/mol. The lowest BCUT2D eigenvalue weighted by Gasteiger charge is -2.42. The van der Waals surface area contributed by atoms with Crippen molar-refractivity contribution in [3.8, 4) is 0 Å². The molecule has 8 nitrogen and oxygen atoms in total. The van der Waals surface area contributed by atoms with Gasteiger partial charge < -0.3 is 20.4 Å². The van der Waals surface area contributed by atoms with Gasteiger partial charge in [-0.05, 0) is 80.1 Å². The van der Waals surface area contributed by atoms with Crippen LogP contribution in [-0.2, 0) is 16.1 Å². The Morgan fingerprint density at radius 2 is 1.67 bits per heavy atom. The van der Waals surface area contributed by atoms with E-state index in [0.717, 1.165) is 48.3 Å². The highest BCUT2D eigenvalue weighted by molar-refractivity contribution is 6.42. The van der Waals surface area contributed by atoms with E-state index in [1.807, 2.05) is 66.1 Å². The Hall–Kier alpha value is -3.43. The third-order valence-corrected chi connectivity index (χ3v) is 10.3. The summed E-state index contributed by atoms with van der Waals surface area (Å²) in [5.74, 6) is 0.394. The van der Waals surface area contributed by atoms with E-state index in [9.17, 15) is 14.4 Å². The molecule has 1 saturated carbocycles. The predicted octanol–water partition coefficient (Wildman–Crippen LogP) is 5.85. The molecule has 0 radical (unpaired) electrons. The van der Waals surface area contributed by atoms with Crippen molar-refractivity contribution in [2.45, 2.75) is 58.3 Å². The first-order valence-electron chi connectivity index (χ1n) is 16.0. The van der Waals surface area contributed by atoms with Crippen LogP contribution in [0.15, 0.2) is 60.7 Å². The third kappa shape index (κ3) is 7.26. The minimum atomic E-state index is -0.337. The zero-order valence-corrected chi connectivity index (χ0v) is 28.1. The Kier molecular flexibility index (Phi) is 9.71. The highest BCUT2D eigenvalue weighted by Crippen LogP contribution is 2.39. The predicted molar refractivity (Wildman–Crippen MR) is 182 cm³/mol. The molecule has 2 unspecified atom stereocenters. The molecule has 2 bridgehead atoms. The van der Waals surface area contributed by atoms with E-state index < -0.39 is 0 Å². The molecule has 6 rings (SSSR count). The minimum absolute atomic E-state index is 0.0176. The summed E-state index contributed by atoms with van der Waals surface area (Å²) in [4.78, 5) is 45.1. The first-order chi connectivity index (χ1) is 22.0. The molecule has 242 valence electrons. The fourth-order valence-electron chi connectivity index (χ4n) is 7.55. The maximum absolute atomic E-state index is 13.8. The van der Waals surface area contributed by atoms with E-state index in [0.29, 0.717) is 47.2 Å². The number of carbonyl (C=O) groups excluding carboxylic acids is 3. The molecule has 2 heterocycles. The number of nitrogens with one attached hydrogen (secondary N) is 2. The van der Waals surface area contributed by atoms with Gasteiger partial charge in [-0.3, -0.25) is 19.3 Å². The molecule has 4 atom stereocenters.